The summed E-state index contributed by atoms with van der Waals surface area (Å²) in [6.07, 6.45) is 11.1. The van der Waals surface area contributed by atoms with Crippen LogP contribution in [0.1, 0.15) is 53.4 Å². The molecule has 33 heavy (non-hydrogen) atoms. The molecule has 2 heterocycles. The van der Waals surface area contributed by atoms with Crippen molar-refractivity contribution in [1.82, 2.24) is 9.97 Å². The molecule has 0 fully saturated rings. The third-order valence-electron chi connectivity index (χ3n) is 5.49. The van der Waals surface area contributed by atoms with Crippen LogP contribution in [0.2, 0.25) is 0 Å². The van der Waals surface area contributed by atoms with Gasteiger partial charge in [-0.25, -0.2) is 4.98 Å². The summed E-state index contributed by atoms with van der Waals surface area (Å²) in [6.45, 7) is 8.07. The molecule has 179 valence electrons. The number of aliphatic hydroxyl groups is 1. The number of benzene rings is 1. The molecule has 0 saturated carbocycles. The van der Waals surface area contributed by atoms with E-state index in [4.69, 9.17) is 4.74 Å². The van der Waals surface area contributed by atoms with Crippen LogP contribution in [0.4, 0.5) is 0 Å². The second-order valence-electron chi connectivity index (χ2n) is 7.58. The molecule has 3 rings (SSSR count). The maximum Gasteiger partial charge on any atom is 0.217 e. The summed E-state index contributed by atoms with van der Waals surface area (Å²) in [5, 5.41) is 12.0. The average Bonchev–Trinajstić information content (AvgIpc) is 2.82. The number of nitrogens with zero attached hydrogens (tertiary/aromatic N) is 2. The van der Waals surface area contributed by atoms with E-state index in [-0.39, 0.29) is 43.5 Å². The Hall–Kier alpha value is -2.56. The molecule has 6 heteroatoms. The van der Waals surface area contributed by atoms with Crippen molar-refractivity contribution in [1.29, 1.82) is 0 Å². The van der Waals surface area contributed by atoms with Crippen LogP contribution in [0.3, 0.4) is 0 Å². The molecule has 0 aliphatic carbocycles. The van der Waals surface area contributed by atoms with E-state index >= 15 is 0 Å². The van der Waals surface area contributed by atoms with Crippen molar-refractivity contribution in [2.75, 3.05) is 0 Å². The molecule has 0 bridgehead atoms. The van der Waals surface area contributed by atoms with Gasteiger partial charge in [0, 0.05) is 61.4 Å². The zero-order chi connectivity index (χ0) is 23.3. The van der Waals surface area contributed by atoms with E-state index in [0.717, 1.165) is 36.5 Å². The summed E-state index contributed by atoms with van der Waals surface area (Å²) < 4.78 is 5.56. The van der Waals surface area contributed by atoms with Gasteiger partial charge < -0.3 is 14.8 Å². The van der Waals surface area contributed by atoms with Gasteiger partial charge in [-0.3, -0.25) is 4.79 Å². The summed E-state index contributed by atoms with van der Waals surface area (Å²) in [4.78, 5) is 19.8. The molecular weight excluding hydrogens is 593 g/mol. The van der Waals surface area contributed by atoms with E-state index in [2.05, 4.69) is 16.2 Å². The molecule has 5 nitrogen and oxygen atoms in total. The quantitative estimate of drug-likeness (QED) is 0.156. The molecular formula is C27H33IrN2O3-. The van der Waals surface area contributed by atoms with Crippen molar-refractivity contribution in [3.8, 4) is 11.6 Å². The van der Waals surface area contributed by atoms with Crippen LogP contribution < -0.4 is 4.74 Å². The van der Waals surface area contributed by atoms with Gasteiger partial charge in [-0.1, -0.05) is 58.2 Å². The Morgan fingerprint density at radius 3 is 2.21 bits per heavy atom. The number of fused-ring (bicyclic) bond motifs is 1. The first-order valence-corrected chi connectivity index (χ1v) is 11.3. The van der Waals surface area contributed by atoms with Crippen LogP contribution in [0.15, 0.2) is 66.7 Å². The number of carbonyl (C=O) groups is 1. The van der Waals surface area contributed by atoms with E-state index in [9.17, 15) is 9.90 Å². The number of carbonyl (C=O) groups excluding carboxylic acids is 1. The van der Waals surface area contributed by atoms with Crippen molar-refractivity contribution in [3.05, 3.63) is 72.9 Å². The fourth-order valence-electron chi connectivity index (χ4n) is 3.38. The molecule has 0 unspecified atom stereocenters. The van der Waals surface area contributed by atoms with Crippen LogP contribution in [-0.4, -0.2) is 20.9 Å². The van der Waals surface area contributed by atoms with Gasteiger partial charge in [0.25, 0.3) is 0 Å². The van der Waals surface area contributed by atoms with E-state index < -0.39 is 0 Å². The van der Waals surface area contributed by atoms with E-state index in [1.807, 2.05) is 58.0 Å². The first-order valence-electron chi connectivity index (χ1n) is 11.3. The van der Waals surface area contributed by atoms with Crippen LogP contribution in [-0.2, 0) is 24.9 Å². The number of allylic oxidation sites excluding steroid dienone is 2. The molecule has 1 radical (unpaired) electrons. The van der Waals surface area contributed by atoms with Crippen molar-refractivity contribution in [3.63, 3.8) is 0 Å². The first kappa shape index (κ1) is 28.5. The Morgan fingerprint density at radius 2 is 1.64 bits per heavy atom. The number of pyridine rings is 2. The van der Waals surface area contributed by atoms with Crippen molar-refractivity contribution in [2.45, 2.75) is 53.4 Å². The van der Waals surface area contributed by atoms with Crippen LogP contribution >= 0.6 is 0 Å². The Labute approximate surface area is 210 Å². The van der Waals surface area contributed by atoms with Gasteiger partial charge in [0.2, 0.25) is 5.88 Å². The predicted octanol–water partition coefficient (Wildman–Crippen LogP) is 7.09. The largest absolute Gasteiger partial charge is 0.512 e. The Bertz CT molecular complexity index is 1000. The van der Waals surface area contributed by atoms with Crippen molar-refractivity contribution in [2.24, 2.45) is 11.8 Å². The van der Waals surface area contributed by atoms with Crippen molar-refractivity contribution >= 4 is 16.6 Å². The third kappa shape index (κ3) is 9.07. The number of aliphatic hydroxyl groups excluding tert-OH is 1. The fraction of sp³-hybridized carbons (Fsp3) is 0.370. The topological polar surface area (TPSA) is 72.3 Å². The fourth-order valence-corrected chi connectivity index (χ4v) is 3.38. The molecule has 2 aromatic heterocycles. The summed E-state index contributed by atoms with van der Waals surface area (Å²) in [7, 11) is 0. The molecule has 0 amide bonds. The second kappa shape index (κ2) is 15.3. The van der Waals surface area contributed by atoms with Gasteiger partial charge in [-0.2, -0.15) is 6.07 Å². The minimum atomic E-state index is 0. The summed E-state index contributed by atoms with van der Waals surface area (Å²) in [5.74, 6) is 1.66. The Kier molecular flexibility index (Phi) is 13.2. The number of ether oxygens (including phenoxy) is 1. The number of hydrogen-bond donors (Lipinski definition) is 1. The molecule has 0 spiro atoms. The van der Waals surface area contributed by atoms with Gasteiger partial charge in [-0.15, -0.1) is 6.07 Å². The zero-order valence-electron chi connectivity index (χ0n) is 19.7. The second-order valence-corrected chi connectivity index (χ2v) is 7.58. The minimum absolute atomic E-state index is 0. The number of ketones is 1. The zero-order valence-corrected chi connectivity index (χ0v) is 22.1. The first-order chi connectivity index (χ1) is 15.5. The SMILES string of the molecule is CCC(CC)C(=O)/C=C(\O)C(CC)CC.[Ir].[c-]1ncccc1Oc1cc2ccccc2cn1. The summed E-state index contributed by atoms with van der Waals surface area (Å²) in [6, 6.07) is 13.5. The van der Waals surface area contributed by atoms with Crippen LogP contribution in [0, 0.1) is 18.0 Å². The van der Waals surface area contributed by atoms with E-state index in [1.165, 1.54) is 6.08 Å². The Morgan fingerprint density at radius 1 is 1.00 bits per heavy atom. The normalized spacial score (nSPS) is 11.0. The van der Waals surface area contributed by atoms with Gasteiger partial charge in [-0.05, 0) is 37.3 Å². The van der Waals surface area contributed by atoms with Crippen LogP contribution in [0.25, 0.3) is 10.8 Å². The smallest absolute Gasteiger partial charge is 0.217 e. The molecule has 1 aromatic carbocycles. The van der Waals surface area contributed by atoms with Gasteiger partial charge in [0.15, 0.2) is 5.78 Å². The van der Waals surface area contributed by atoms with E-state index in [0.29, 0.717) is 11.6 Å². The van der Waals surface area contributed by atoms with Crippen LogP contribution in [0.5, 0.6) is 11.6 Å². The molecule has 0 saturated heterocycles. The average molecular weight is 626 g/mol. The van der Waals surface area contributed by atoms with Gasteiger partial charge in [0.1, 0.15) is 0 Å². The molecule has 1 N–H and O–H groups in total. The van der Waals surface area contributed by atoms with E-state index in [1.54, 1.807) is 24.5 Å². The number of hydrogen-bond acceptors (Lipinski definition) is 5. The standard InChI is InChI=1S/C14H9N2O.C13H24O2.Ir/c1-2-5-12-9-16-14(8-11(12)4-1)17-13-6-3-7-15-10-13;1-5-10(6-2)12(14)9-13(15)11(7-3)8-4;/h1-9H;9-11,14H,5-8H2,1-4H3;/q-1;;/b;12-9-;. The third-order valence-corrected chi connectivity index (χ3v) is 5.49. The summed E-state index contributed by atoms with van der Waals surface area (Å²) in [5.41, 5.74) is 0. The van der Waals surface area contributed by atoms with Gasteiger partial charge in [0.05, 0.1) is 5.76 Å². The minimum Gasteiger partial charge on any atom is -0.512 e. The monoisotopic (exact) mass is 626 g/mol. The molecule has 3 aromatic rings. The van der Waals surface area contributed by atoms with Crippen molar-refractivity contribution < 1.29 is 34.7 Å². The maximum atomic E-state index is 11.7. The predicted molar refractivity (Wildman–Crippen MR) is 129 cm³/mol. The summed E-state index contributed by atoms with van der Waals surface area (Å²) >= 11 is 0. The molecule has 0 aliphatic rings. The molecule has 0 atom stereocenters. The molecule has 0 aliphatic heterocycles. The van der Waals surface area contributed by atoms with Gasteiger partial charge >= 0.3 is 0 Å². The number of rotatable bonds is 9. The number of aromatic nitrogens is 2. The maximum absolute atomic E-state index is 11.7. The Balaban J connectivity index is 0.000000324.